The Morgan fingerprint density at radius 1 is 1.14 bits per heavy atom. The second kappa shape index (κ2) is 6.97. The van der Waals surface area contributed by atoms with Crippen LogP contribution in [0.4, 0.5) is 0 Å². The molecule has 1 radical (unpaired) electrons. The smallest absolute Gasteiger partial charge is 0.147 e. The number of sulfone groups is 1. The maximum absolute atomic E-state index is 11.1. The summed E-state index contributed by atoms with van der Waals surface area (Å²) in [5, 5.41) is 0. The van der Waals surface area contributed by atoms with Gasteiger partial charge in [0.2, 0.25) is 0 Å². The van der Waals surface area contributed by atoms with E-state index < -0.39 is 9.84 Å². The van der Waals surface area contributed by atoms with Crippen LogP contribution in [0, 0.1) is 19.9 Å². The minimum Gasteiger partial charge on any atom is -0.493 e. The van der Waals surface area contributed by atoms with Gasteiger partial charge in [0, 0.05) is 6.26 Å². The number of rotatable bonds is 6. The molecule has 4 heteroatoms. The molecule has 0 fully saturated rings. The maximum atomic E-state index is 11.1. The summed E-state index contributed by atoms with van der Waals surface area (Å²) in [5.74, 6) is 0.966. The van der Waals surface area contributed by atoms with E-state index in [1.54, 1.807) is 0 Å². The first-order chi connectivity index (χ1) is 10.4. The first-order valence-electron chi connectivity index (χ1n) is 7.26. The predicted molar refractivity (Wildman–Crippen MR) is 90.0 cm³/mol. The summed E-state index contributed by atoms with van der Waals surface area (Å²) in [5.41, 5.74) is 4.36. The molecule has 0 saturated heterocycles. The lowest BCUT2D eigenvalue weighted by Gasteiger charge is -2.13. The molecule has 0 unspecified atom stereocenters. The van der Waals surface area contributed by atoms with Crippen molar-refractivity contribution in [1.82, 2.24) is 0 Å². The van der Waals surface area contributed by atoms with Crippen LogP contribution < -0.4 is 4.74 Å². The Morgan fingerprint density at radius 3 is 2.55 bits per heavy atom. The van der Waals surface area contributed by atoms with Crippen molar-refractivity contribution >= 4 is 9.84 Å². The van der Waals surface area contributed by atoms with Crippen LogP contribution in [0.3, 0.4) is 0 Å². The largest absolute Gasteiger partial charge is 0.493 e. The van der Waals surface area contributed by atoms with Crippen molar-refractivity contribution in [3.63, 3.8) is 0 Å². The van der Waals surface area contributed by atoms with Crippen molar-refractivity contribution in [3.8, 4) is 16.9 Å². The molecule has 0 aliphatic rings. The van der Waals surface area contributed by atoms with E-state index in [0.717, 1.165) is 28.0 Å². The van der Waals surface area contributed by atoms with Gasteiger partial charge in [0.15, 0.2) is 0 Å². The third kappa shape index (κ3) is 4.60. The number of benzene rings is 2. The molecule has 0 aliphatic heterocycles. The molecule has 0 atom stereocenters. The number of hydrogen-bond acceptors (Lipinski definition) is 3. The first-order valence-corrected chi connectivity index (χ1v) is 9.32. The third-order valence-electron chi connectivity index (χ3n) is 3.44. The lowest BCUT2D eigenvalue weighted by Crippen LogP contribution is -2.08. The van der Waals surface area contributed by atoms with Gasteiger partial charge in [-0.3, -0.25) is 0 Å². The van der Waals surface area contributed by atoms with Crippen LogP contribution >= 0.6 is 0 Å². The van der Waals surface area contributed by atoms with Gasteiger partial charge in [-0.15, -0.1) is 0 Å². The van der Waals surface area contributed by atoms with E-state index in [1.165, 1.54) is 6.26 Å². The molecule has 2 rings (SSSR count). The summed E-state index contributed by atoms with van der Waals surface area (Å²) in [6.45, 7) is 4.45. The van der Waals surface area contributed by atoms with E-state index in [2.05, 4.69) is 12.1 Å². The Kier molecular flexibility index (Phi) is 5.24. The lowest BCUT2D eigenvalue weighted by molar-refractivity contribution is 0.315. The quantitative estimate of drug-likeness (QED) is 0.765. The van der Waals surface area contributed by atoms with Crippen molar-refractivity contribution in [2.24, 2.45) is 0 Å². The summed E-state index contributed by atoms with van der Waals surface area (Å²) in [6, 6.07) is 15.2. The Labute approximate surface area is 132 Å². The highest BCUT2D eigenvalue weighted by Crippen LogP contribution is 2.29. The average Bonchev–Trinajstić information content (AvgIpc) is 2.46. The monoisotopic (exact) mass is 317 g/mol. The topological polar surface area (TPSA) is 43.4 Å². The highest BCUT2D eigenvalue weighted by atomic mass is 32.2. The third-order valence-corrected chi connectivity index (χ3v) is 4.47. The number of aryl methyl sites for hydroxylation is 2. The van der Waals surface area contributed by atoms with Crippen LogP contribution in [-0.4, -0.2) is 27.0 Å². The second-order valence-corrected chi connectivity index (χ2v) is 7.80. The van der Waals surface area contributed by atoms with Gasteiger partial charge in [-0.05, 0) is 60.7 Å². The van der Waals surface area contributed by atoms with Gasteiger partial charge in [0.1, 0.15) is 15.6 Å². The molecule has 2 aromatic carbocycles. The van der Waals surface area contributed by atoms with Crippen LogP contribution in [-0.2, 0) is 9.84 Å². The molecule has 2 aromatic rings. The second-order valence-electron chi connectivity index (χ2n) is 5.54. The Bertz CT molecular complexity index is 734. The molecule has 0 saturated carbocycles. The van der Waals surface area contributed by atoms with Gasteiger partial charge in [0.25, 0.3) is 0 Å². The van der Waals surface area contributed by atoms with E-state index >= 15 is 0 Å². The Balaban J connectivity index is 2.10. The van der Waals surface area contributed by atoms with Crippen LogP contribution in [0.1, 0.15) is 17.5 Å². The minimum absolute atomic E-state index is 0.155. The van der Waals surface area contributed by atoms with Gasteiger partial charge in [0.05, 0.1) is 12.4 Å². The Hall–Kier alpha value is -1.81. The molecule has 0 amide bonds. The summed E-state index contributed by atoms with van der Waals surface area (Å²) < 4.78 is 27.9. The van der Waals surface area contributed by atoms with Crippen molar-refractivity contribution in [2.75, 3.05) is 18.6 Å². The molecular formula is C18H21O3S. The fraction of sp³-hybridized carbons (Fsp3) is 0.333. The summed E-state index contributed by atoms with van der Waals surface area (Å²) in [4.78, 5) is 0. The maximum Gasteiger partial charge on any atom is 0.147 e. The number of ether oxygens (including phenoxy) is 1. The summed E-state index contributed by atoms with van der Waals surface area (Å²) >= 11 is 0. The molecule has 0 aromatic heterocycles. The SMILES string of the molecule is Cc1cc(-c2[c]cccc2)c(C)cc1OCCCS(C)(=O)=O. The van der Waals surface area contributed by atoms with Gasteiger partial charge in [-0.1, -0.05) is 24.3 Å². The van der Waals surface area contributed by atoms with E-state index in [-0.39, 0.29) is 5.75 Å². The van der Waals surface area contributed by atoms with E-state index in [0.29, 0.717) is 13.0 Å². The van der Waals surface area contributed by atoms with Crippen LogP contribution in [0.15, 0.2) is 36.4 Å². The van der Waals surface area contributed by atoms with Crippen LogP contribution in [0.25, 0.3) is 11.1 Å². The summed E-state index contributed by atoms with van der Waals surface area (Å²) in [6.07, 6.45) is 1.75. The minimum atomic E-state index is -2.92. The first kappa shape index (κ1) is 16.6. The standard InChI is InChI=1S/C18H21O3S/c1-14-13-18(21-10-7-11-22(3,19)20)15(2)12-17(14)16-8-5-4-6-9-16/h4-6,8,12-13H,7,10-11H2,1-3H3. The zero-order chi connectivity index (χ0) is 16.2. The highest BCUT2D eigenvalue weighted by Gasteiger charge is 2.08. The van der Waals surface area contributed by atoms with Crippen molar-refractivity contribution in [3.05, 3.63) is 53.6 Å². The van der Waals surface area contributed by atoms with Gasteiger partial charge in [-0.2, -0.15) is 0 Å². The van der Waals surface area contributed by atoms with Crippen LogP contribution in [0.2, 0.25) is 0 Å². The van der Waals surface area contributed by atoms with Gasteiger partial charge >= 0.3 is 0 Å². The van der Waals surface area contributed by atoms with Crippen molar-refractivity contribution in [2.45, 2.75) is 20.3 Å². The van der Waals surface area contributed by atoms with Gasteiger partial charge in [-0.25, -0.2) is 8.42 Å². The highest BCUT2D eigenvalue weighted by molar-refractivity contribution is 7.90. The van der Waals surface area contributed by atoms with E-state index in [1.807, 2.05) is 44.2 Å². The molecule has 0 aliphatic carbocycles. The summed E-state index contributed by atoms with van der Waals surface area (Å²) in [7, 11) is -2.92. The lowest BCUT2D eigenvalue weighted by atomic mass is 9.98. The Morgan fingerprint density at radius 2 is 1.91 bits per heavy atom. The van der Waals surface area contributed by atoms with Crippen molar-refractivity contribution < 1.29 is 13.2 Å². The van der Waals surface area contributed by atoms with E-state index in [4.69, 9.17) is 4.74 Å². The number of hydrogen-bond donors (Lipinski definition) is 0. The molecule has 22 heavy (non-hydrogen) atoms. The predicted octanol–water partition coefficient (Wildman–Crippen LogP) is 3.58. The molecule has 0 bridgehead atoms. The zero-order valence-electron chi connectivity index (χ0n) is 13.2. The average molecular weight is 317 g/mol. The van der Waals surface area contributed by atoms with E-state index in [9.17, 15) is 8.42 Å². The normalized spacial score (nSPS) is 11.4. The molecular weight excluding hydrogens is 296 g/mol. The molecule has 0 heterocycles. The van der Waals surface area contributed by atoms with Gasteiger partial charge < -0.3 is 4.74 Å². The van der Waals surface area contributed by atoms with Crippen molar-refractivity contribution in [1.29, 1.82) is 0 Å². The fourth-order valence-electron chi connectivity index (χ4n) is 2.30. The molecule has 0 N–H and O–H groups in total. The molecule has 3 nitrogen and oxygen atoms in total. The fourth-order valence-corrected chi connectivity index (χ4v) is 2.94. The van der Waals surface area contributed by atoms with Crippen LogP contribution in [0.5, 0.6) is 5.75 Å². The zero-order valence-corrected chi connectivity index (χ0v) is 14.0. The molecule has 0 spiro atoms. The molecule has 117 valence electrons.